The molecule has 6 heteroatoms. The quantitative estimate of drug-likeness (QED) is 0.556. The minimum Gasteiger partial charge on any atom is -0.354 e. The lowest BCUT2D eigenvalue weighted by molar-refractivity contribution is -0.124. The number of benzene rings is 2. The summed E-state index contributed by atoms with van der Waals surface area (Å²) in [6.07, 6.45) is 0.727. The summed E-state index contributed by atoms with van der Waals surface area (Å²) >= 11 is 0. The van der Waals surface area contributed by atoms with Crippen molar-refractivity contribution in [3.63, 3.8) is 0 Å². The van der Waals surface area contributed by atoms with Crippen LogP contribution in [0.5, 0.6) is 0 Å². The molecule has 0 spiro atoms. The number of fused-ring (bicyclic) bond motifs is 2. The van der Waals surface area contributed by atoms with Crippen molar-refractivity contribution in [3.05, 3.63) is 75.8 Å². The van der Waals surface area contributed by atoms with Gasteiger partial charge in [0, 0.05) is 35.6 Å². The summed E-state index contributed by atoms with van der Waals surface area (Å²) in [6.45, 7) is 6.16. The summed E-state index contributed by atoms with van der Waals surface area (Å²) in [5.74, 6) is -0.211. The number of carbonyl (C=O) groups excluding carboxylic acids is 1. The largest absolute Gasteiger partial charge is 0.354 e. The summed E-state index contributed by atoms with van der Waals surface area (Å²) in [6, 6.07) is 15.0. The van der Waals surface area contributed by atoms with E-state index in [1.807, 2.05) is 37.3 Å². The number of para-hydroxylation sites is 1. The van der Waals surface area contributed by atoms with Crippen molar-refractivity contribution in [1.29, 1.82) is 0 Å². The van der Waals surface area contributed by atoms with Crippen LogP contribution in [0.3, 0.4) is 0 Å². The predicted molar refractivity (Wildman–Crippen MR) is 120 cm³/mol. The van der Waals surface area contributed by atoms with Crippen LogP contribution in [0.1, 0.15) is 29.9 Å². The molecule has 0 unspecified atom stereocenters. The molecule has 0 aliphatic rings. The fraction of sp³-hybridized carbons (Fsp3) is 0.292. The first-order valence-corrected chi connectivity index (χ1v) is 10.2. The van der Waals surface area contributed by atoms with Gasteiger partial charge in [-0.2, -0.15) is 5.10 Å². The molecule has 2 aromatic heterocycles. The fourth-order valence-electron chi connectivity index (χ4n) is 4.12. The van der Waals surface area contributed by atoms with E-state index in [4.69, 9.17) is 0 Å². The molecule has 0 saturated carbocycles. The van der Waals surface area contributed by atoms with Gasteiger partial charge in [0.1, 0.15) is 6.04 Å². The second-order valence-electron chi connectivity index (χ2n) is 7.74. The van der Waals surface area contributed by atoms with Gasteiger partial charge in [-0.25, -0.2) is 4.68 Å². The van der Waals surface area contributed by atoms with Crippen LogP contribution in [-0.4, -0.2) is 26.8 Å². The molecule has 30 heavy (non-hydrogen) atoms. The maximum atomic E-state index is 12.8. The standard InChI is InChI=1S/C24H26N4O2/c1-15-18-9-5-6-11-21(18)24(30)28(26-15)17(3)23(29)25-14-13-19-16(2)27(4)22-12-8-7-10-20(19)22/h5-12,17H,13-14H2,1-4H3,(H,25,29)/t17-/m1/s1. The average Bonchev–Trinajstić information content (AvgIpc) is 3.00. The predicted octanol–water partition coefficient (Wildman–Crippen LogP) is 3.42. The maximum absolute atomic E-state index is 12.8. The van der Waals surface area contributed by atoms with E-state index in [0.717, 1.165) is 17.5 Å². The Morgan fingerprint density at radius 3 is 2.40 bits per heavy atom. The van der Waals surface area contributed by atoms with Gasteiger partial charge < -0.3 is 9.88 Å². The minimum atomic E-state index is -0.686. The second-order valence-corrected chi connectivity index (χ2v) is 7.74. The highest BCUT2D eigenvalue weighted by molar-refractivity contribution is 5.86. The Morgan fingerprint density at radius 2 is 1.67 bits per heavy atom. The number of nitrogens with one attached hydrogen (secondary N) is 1. The van der Waals surface area contributed by atoms with Crippen LogP contribution in [0.2, 0.25) is 0 Å². The van der Waals surface area contributed by atoms with Crippen LogP contribution in [0.15, 0.2) is 53.3 Å². The van der Waals surface area contributed by atoms with Gasteiger partial charge in [0.2, 0.25) is 5.91 Å². The highest BCUT2D eigenvalue weighted by Crippen LogP contribution is 2.25. The van der Waals surface area contributed by atoms with Crippen molar-refractivity contribution in [2.45, 2.75) is 33.2 Å². The molecule has 6 nitrogen and oxygen atoms in total. The molecule has 1 atom stereocenters. The fourth-order valence-corrected chi connectivity index (χ4v) is 4.12. The molecule has 154 valence electrons. The molecular formula is C24H26N4O2. The number of carbonyl (C=O) groups is 1. The van der Waals surface area contributed by atoms with E-state index in [2.05, 4.69) is 41.1 Å². The molecule has 1 N–H and O–H groups in total. The molecule has 0 radical (unpaired) electrons. The second kappa shape index (κ2) is 7.78. The Hall–Kier alpha value is -3.41. The number of hydrogen-bond acceptors (Lipinski definition) is 3. The lowest BCUT2D eigenvalue weighted by atomic mass is 10.1. The number of amides is 1. The van der Waals surface area contributed by atoms with Crippen molar-refractivity contribution in [2.75, 3.05) is 6.54 Å². The van der Waals surface area contributed by atoms with Crippen molar-refractivity contribution < 1.29 is 4.79 Å². The van der Waals surface area contributed by atoms with Gasteiger partial charge in [-0.05, 0) is 44.9 Å². The molecule has 0 fully saturated rings. The zero-order chi connectivity index (χ0) is 21.4. The van der Waals surface area contributed by atoms with Crippen LogP contribution < -0.4 is 10.9 Å². The molecular weight excluding hydrogens is 376 g/mol. The first kappa shape index (κ1) is 19.9. The normalized spacial score (nSPS) is 12.4. The summed E-state index contributed by atoms with van der Waals surface area (Å²) in [5, 5.41) is 9.97. The molecule has 4 aromatic rings. The number of aromatic nitrogens is 3. The number of aryl methyl sites for hydroxylation is 2. The van der Waals surface area contributed by atoms with Crippen molar-refractivity contribution in [2.24, 2.45) is 7.05 Å². The van der Waals surface area contributed by atoms with Gasteiger partial charge >= 0.3 is 0 Å². The van der Waals surface area contributed by atoms with E-state index < -0.39 is 6.04 Å². The maximum Gasteiger partial charge on any atom is 0.275 e. The molecule has 0 aliphatic heterocycles. The summed E-state index contributed by atoms with van der Waals surface area (Å²) in [7, 11) is 2.06. The summed E-state index contributed by atoms with van der Waals surface area (Å²) in [4.78, 5) is 25.6. The monoisotopic (exact) mass is 402 g/mol. The lowest BCUT2D eigenvalue weighted by Crippen LogP contribution is -2.38. The zero-order valence-corrected chi connectivity index (χ0v) is 17.8. The molecule has 1 amide bonds. The average molecular weight is 402 g/mol. The van der Waals surface area contributed by atoms with Crippen molar-refractivity contribution in [3.8, 4) is 0 Å². The SMILES string of the molecule is Cc1nn([C@H](C)C(=O)NCCc2c(C)n(C)c3ccccc23)c(=O)c2ccccc12. The van der Waals surface area contributed by atoms with Gasteiger partial charge in [0.05, 0.1) is 11.1 Å². The van der Waals surface area contributed by atoms with Gasteiger partial charge in [-0.15, -0.1) is 0 Å². The van der Waals surface area contributed by atoms with Gasteiger partial charge in [-0.3, -0.25) is 9.59 Å². The molecule has 2 heterocycles. The van der Waals surface area contributed by atoms with Gasteiger partial charge in [-0.1, -0.05) is 36.4 Å². The van der Waals surface area contributed by atoms with Crippen LogP contribution in [0, 0.1) is 13.8 Å². The lowest BCUT2D eigenvalue weighted by Gasteiger charge is -2.16. The summed E-state index contributed by atoms with van der Waals surface area (Å²) < 4.78 is 3.46. The van der Waals surface area contributed by atoms with E-state index in [1.54, 1.807) is 13.0 Å². The molecule has 4 rings (SSSR count). The van der Waals surface area contributed by atoms with E-state index in [-0.39, 0.29) is 11.5 Å². The highest BCUT2D eigenvalue weighted by Gasteiger charge is 2.20. The van der Waals surface area contributed by atoms with Crippen LogP contribution in [0.4, 0.5) is 0 Å². The molecule has 0 saturated heterocycles. The number of nitrogens with zero attached hydrogens (tertiary/aromatic N) is 3. The van der Waals surface area contributed by atoms with E-state index in [9.17, 15) is 9.59 Å². The van der Waals surface area contributed by atoms with Crippen molar-refractivity contribution in [1.82, 2.24) is 19.7 Å². The van der Waals surface area contributed by atoms with E-state index in [1.165, 1.54) is 26.8 Å². The third-order valence-corrected chi connectivity index (χ3v) is 5.96. The number of hydrogen-bond donors (Lipinski definition) is 1. The highest BCUT2D eigenvalue weighted by atomic mass is 16.2. The molecule has 0 aliphatic carbocycles. The van der Waals surface area contributed by atoms with Crippen LogP contribution in [-0.2, 0) is 18.3 Å². The first-order valence-electron chi connectivity index (χ1n) is 10.2. The molecule has 2 aromatic carbocycles. The minimum absolute atomic E-state index is 0.211. The third kappa shape index (κ3) is 3.28. The van der Waals surface area contributed by atoms with E-state index in [0.29, 0.717) is 11.9 Å². The zero-order valence-electron chi connectivity index (χ0n) is 17.8. The molecule has 0 bridgehead atoms. The summed E-state index contributed by atoms with van der Waals surface area (Å²) in [5.41, 5.74) is 4.10. The number of rotatable bonds is 5. The van der Waals surface area contributed by atoms with Crippen LogP contribution >= 0.6 is 0 Å². The Balaban J connectivity index is 1.52. The smallest absolute Gasteiger partial charge is 0.275 e. The van der Waals surface area contributed by atoms with Crippen molar-refractivity contribution >= 4 is 27.6 Å². The van der Waals surface area contributed by atoms with Gasteiger partial charge in [0.15, 0.2) is 0 Å². The van der Waals surface area contributed by atoms with Crippen LogP contribution in [0.25, 0.3) is 21.7 Å². The topological polar surface area (TPSA) is 68.9 Å². The Labute approximate surface area is 175 Å². The Morgan fingerprint density at radius 1 is 1.03 bits per heavy atom. The Bertz CT molecular complexity index is 1320. The Kier molecular flexibility index (Phi) is 5.16. The first-order chi connectivity index (χ1) is 14.4. The third-order valence-electron chi connectivity index (χ3n) is 5.96. The van der Waals surface area contributed by atoms with E-state index >= 15 is 0 Å². The van der Waals surface area contributed by atoms with Gasteiger partial charge in [0.25, 0.3) is 5.56 Å².